The molecule has 0 atom stereocenters. The number of aromatic nitrogens is 3. The molecule has 0 unspecified atom stereocenters. The Bertz CT molecular complexity index is 880. The van der Waals surface area contributed by atoms with Gasteiger partial charge in [0.05, 0.1) is 5.52 Å². The van der Waals surface area contributed by atoms with E-state index in [0.717, 1.165) is 48.2 Å². The second-order valence-corrected chi connectivity index (χ2v) is 6.49. The van der Waals surface area contributed by atoms with Crippen molar-refractivity contribution in [2.75, 3.05) is 36.0 Å². The fourth-order valence-electron chi connectivity index (χ4n) is 2.94. The number of hydrogen-bond donors (Lipinski definition) is 0. The molecule has 3 aromatic rings. The summed E-state index contributed by atoms with van der Waals surface area (Å²) >= 11 is 1.45. The third-order valence-corrected chi connectivity index (χ3v) is 5.09. The SMILES string of the molecule is Cn1c(N2CCN(c3ccccn3)CC2)nc2ccsc2c1=O. The quantitative estimate of drug-likeness (QED) is 0.717. The van der Waals surface area contributed by atoms with Crippen molar-refractivity contribution in [2.24, 2.45) is 7.05 Å². The molecular formula is C16H17N5OS. The maximum Gasteiger partial charge on any atom is 0.272 e. The number of nitrogens with zero attached hydrogens (tertiary/aromatic N) is 5. The van der Waals surface area contributed by atoms with Gasteiger partial charge in [0.15, 0.2) is 0 Å². The molecule has 1 fully saturated rings. The van der Waals surface area contributed by atoms with Gasteiger partial charge >= 0.3 is 0 Å². The molecule has 0 amide bonds. The molecule has 0 radical (unpaired) electrons. The van der Waals surface area contributed by atoms with E-state index in [1.807, 2.05) is 35.8 Å². The zero-order valence-electron chi connectivity index (χ0n) is 12.8. The van der Waals surface area contributed by atoms with Crippen LogP contribution in [0.5, 0.6) is 0 Å². The van der Waals surface area contributed by atoms with Gasteiger partial charge in [0.25, 0.3) is 5.56 Å². The van der Waals surface area contributed by atoms with E-state index in [-0.39, 0.29) is 5.56 Å². The van der Waals surface area contributed by atoms with Gasteiger partial charge in [-0.05, 0) is 23.6 Å². The van der Waals surface area contributed by atoms with Crippen molar-refractivity contribution in [3.8, 4) is 0 Å². The van der Waals surface area contributed by atoms with E-state index in [0.29, 0.717) is 0 Å². The fraction of sp³-hybridized carbons (Fsp3) is 0.312. The van der Waals surface area contributed by atoms with Crippen LogP contribution in [0.4, 0.5) is 11.8 Å². The van der Waals surface area contributed by atoms with Gasteiger partial charge in [0, 0.05) is 39.4 Å². The number of thiophene rings is 1. The molecule has 0 bridgehead atoms. The van der Waals surface area contributed by atoms with Crippen molar-refractivity contribution in [3.05, 3.63) is 46.2 Å². The van der Waals surface area contributed by atoms with Crippen LogP contribution in [-0.4, -0.2) is 40.7 Å². The predicted octanol–water partition coefficient (Wildman–Crippen LogP) is 1.72. The van der Waals surface area contributed by atoms with Crippen LogP contribution in [0.15, 0.2) is 40.6 Å². The van der Waals surface area contributed by atoms with E-state index in [9.17, 15) is 4.79 Å². The average Bonchev–Trinajstić information content (AvgIpc) is 3.08. The summed E-state index contributed by atoms with van der Waals surface area (Å²) in [5, 5.41) is 1.92. The van der Waals surface area contributed by atoms with Crippen LogP contribution in [0.3, 0.4) is 0 Å². The van der Waals surface area contributed by atoms with E-state index in [1.54, 1.807) is 11.6 Å². The van der Waals surface area contributed by atoms with Crippen LogP contribution >= 0.6 is 11.3 Å². The van der Waals surface area contributed by atoms with Gasteiger partial charge in [0.2, 0.25) is 5.95 Å². The highest BCUT2D eigenvalue weighted by atomic mass is 32.1. The summed E-state index contributed by atoms with van der Waals surface area (Å²) in [6.45, 7) is 3.39. The molecule has 1 aliphatic heterocycles. The second-order valence-electron chi connectivity index (χ2n) is 5.57. The first-order valence-electron chi connectivity index (χ1n) is 7.59. The number of rotatable bonds is 2. The van der Waals surface area contributed by atoms with Crippen LogP contribution in [-0.2, 0) is 7.05 Å². The monoisotopic (exact) mass is 327 g/mol. The Morgan fingerprint density at radius 1 is 1.09 bits per heavy atom. The molecule has 118 valence electrons. The van der Waals surface area contributed by atoms with Crippen molar-refractivity contribution in [2.45, 2.75) is 0 Å². The zero-order chi connectivity index (χ0) is 15.8. The molecule has 0 aromatic carbocycles. The Hall–Kier alpha value is -2.41. The highest BCUT2D eigenvalue weighted by Crippen LogP contribution is 2.20. The Morgan fingerprint density at radius 2 is 1.87 bits per heavy atom. The maximum absolute atomic E-state index is 12.4. The standard InChI is InChI=1S/C16H17N5OS/c1-19-15(22)14-12(5-11-23-14)18-16(19)21-9-7-20(8-10-21)13-4-2-3-6-17-13/h2-6,11H,7-10H2,1H3. The van der Waals surface area contributed by atoms with Gasteiger partial charge in [-0.3, -0.25) is 9.36 Å². The molecule has 1 aliphatic rings. The van der Waals surface area contributed by atoms with E-state index < -0.39 is 0 Å². The molecule has 6 nitrogen and oxygen atoms in total. The zero-order valence-corrected chi connectivity index (χ0v) is 13.7. The maximum atomic E-state index is 12.4. The Morgan fingerprint density at radius 3 is 2.61 bits per heavy atom. The van der Waals surface area contributed by atoms with Crippen LogP contribution in [0.2, 0.25) is 0 Å². The molecule has 3 aromatic heterocycles. The first kappa shape index (κ1) is 14.2. The van der Waals surface area contributed by atoms with Crippen molar-refractivity contribution in [1.29, 1.82) is 0 Å². The highest BCUT2D eigenvalue weighted by Gasteiger charge is 2.22. The van der Waals surface area contributed by atoms with Gasteiger partial charge in [-0.25, -0.2) is 9.97 Å². The third-order valence-electron chi connectivity index (χ3n) is 4.20. The molecule has 7 heteroatoms. The Labute approximate surface area is 137 Å². The van der Waals surface area contributed by atoms with Gasteiger partial charge in [-0.15, -0.1) is 11.3 Å². The van der Waals surface area contributed by atoms with Crippen LogP contribution in [0.1, 0.15) is 0 Å². The van der Waals surface area contributed by atoms with Crippen LogP contribution in [0, 0.1) is 0 Å². The summed E-state index contributed by atoms with van der Waals surface area (Å²) in [4.78, 5) is 26.0. The highest BCUT2D eigenvalue weighted by molar-refractivity contribution is 7.17. The molecule has 23 heavy (non-hydrogen) atoms. The Kier molecular flexibility index (Phi) is 3.49. The minimum atomic E-state index is 0.0344. The normalized spacial score (nSPS) is 15.3. The lowest BCUT2D eigenvalue weighted by atomic mass is 10.3. The lowest BCUT2D eigenvalue weighted by Crippen LogP contribution is -2.48. The van der Waals surface area contributed by atoms with Crippen molar-refractivity contribution < 1.29 is 0 Å². The molecule has 0 saturated carbocycles. The molecule has 0 aliphatic carbocycles. The summed E-state index contributed by atoms with van der Waals surface area (Å²) in [6, 6.07) is 7.87. The van der Waals surface area contributed by atoms with Gasteiger partial charge < -0.3 is 9.80 Å². The van der Waals surface area contributed by atoms with E-state index in [4.69, 9.17) is 0 Å². The van der Waals surface area contributed by atoms with E-state index in [1.165, 1.54) is 11.3 Å². The average molecular weight is 327 g/mol. The number of pyridine rings is 1. The fourth-order valence-corrected chi connectivity index (χ4v) is 3.74. The molecular weight excluding hydrogens is 310 g/mol. The second kappa shape index (κ2) is 5.66. The Balaban J connectivity index is 1.59. The number of anilines is 2. The summed E-state index contributed by atoms with van der Waals surface area (Å²) in [7, 11) is 1.80. The van der Waals surface area contributed by atoms with Crippen molar-refractivity contribution in [1.82, 2.24) is 14.5 Å². The lowest BCUT2D eigenvalue weighted by Gasteiger charge is -2.36. The minimum absolute atomic E-state index is 0.0344. The van der Waals surface area contributed by atoms with E-state index in [2.05, 4.69) is 19.8 Å². The molecule has 1 saturated heterocycles. The van der Waals surface area contributed by atoms with Gasteiger partial charge in [-0.1, -0.05) is 6.07 Å². The van der Waals surface area contributed by atoms with Gasteiger partial charge in [-0.2, -0.15) is 0 Å². The van der Waals surface area contributed by atoms with Crippen molar-refractivity contribution in [3.63, 3.8) is 0 Å². The third kappa shape index (κ3) is 2.46. The summed E-state index contributed by atoms with van der Waals surface area (Å²) in [6.07, 6.45) is 1.82. The van der Waals surface area contributed by atoms with Crippen LogP contribution in [0.25, 0.3) is 10.2 Å². The van der Waals surface area contributed by atoms with Crippen LogP contribution < -0.4 is 15.4 Å². The van der Waals surface area contributed by atoms with E-state index >= 15 is 0 Å². The molecule has 4 heterocycles. The van der Waals surface area contributed by atoms with Gasteiger partial charge in [0.1, 0.15) is 10.5 Å². The number of fused-ring (bicyclic) bond motifs is 1. The first-order valence-corrected chi connectivity index (χ1v) is 8.47. The minimum Gasteiger partial charge on any atom is -0.353 e. The predicted molar refractivity (Wildman–Crippen MR) is 93.5 cm³/mol. The van der Waals surface area contributed by atoms with Crippen molar-refractivity contribution >= 4 is 33.3 Å². The number of hydrogen-bond acceptors (Lipinski definition) is 6. The number of piperazine rings is 1. The molecule has 4 rings (SSSR count). The molecule has 0 spiro atoms. The molecule has 0 N–H and O–H groups in total. The summed E-state index contributed by atoms with van der Waals surface area (Å²) in [5.74, 6) is 1.75. The topological polar surface area (TPSA) is 54.3 Å². The largest absolute Gasteiger partial charge is 0.353 e. The smallest absolute Gasteiger partial charge is 0.272 e. The summed E-state index contributed by atoms with van der Waals surface area (Å²) in [5.41, 5.74) is 0.826. The summed E-state index contributed by atoms with van der Waals surface area (Å²) < 4.78 is 2.39. The first-order chi connectivity index (χ1) is 11.2. The lowest BCUT2D eigenvalue weighted by molar-refractivity contribution is 0.619.